The maximum absolute atomic E-state index is 6.66. The smallest absolute Gasteiger partial charge is 0.119 e. The lowest BCUT2D eigenvalue weighted by molar-refractivity contribution is 1.06. The lowest BCUT2D eigenvalue weighted by Crippen LogP contribution is -2.46. The van der Waals surface area contributed by atoms with Crippen LogP contribution in [0.4, 0.5) is 0 Å². The van der Waals surface area contributed by atoms with Crippen molar-refractivity contribution >= 4 is 11.7 Å². The van der Waals surface area contributed by atoms with Gasteiger partial charge in [0.2, 0.25) is 0 Å². The number of nitrogens with one attached hydrogen (secondary N) is 2. The summed E-state index contributed by atoms with van der Waals surface area (Å²) >= 11 is 0. The normalized spacial score (nSPS) is 12.6. The van der Waals surface area contributed by atoms with Crippen molar-refractivity contribution in [1.29, 1.82) is 10.8 Å². The molecule has 0 atom stereocenters. The molecular weight excluding hydrogens is 106 g/mol. The van der Waals surface area contributed by atoms with Crippen molar-refractivity contribution in [2.45, 2.75) is 6.04 Å². The standard InChI is InChI=1S/C3H9N5/c4-1(2(5)6)3(7)8/h1H,4H2,(H3,5,6)(H3,7,8). The van der Waals surface area contributed by atoms with Crippen molar-refractivity contribution < 1.29 is 0 Å². The van der Waals surface area contributed by atoms with Crippen LogP contribution < -0.4 is 17.2 Å². The summed E-state index contributed by atoms with van der Waals surface area (Å²) in [5, 5.41) is 13.3. The SMILES string of the molecule is N=C(N)C(N)C(=N)N. The zero-order valence-electron chi connectivity index (χ0n) is 4.31. The molecule has 5 heteroatoms. The molecule has 0 saturated carbocycles. The van der Waals surface area contributed by atoms with E-state index in [1.165, 1.54) is 0 Å². The fourth-order valence-electron chi connectivity index (χ4n) is 0.168. The van der Waals surface area contributed by atoms with Gasteiger partial charge in [0, 0.05) is 0 Å². The minimum absolute atomic E-state index is 0.280. The van der Waals surface area contributed by atoms with Crippen LogP contribution in [0, 0.1) is 10.8 Å². The molecule has 0 rings (SSSR count). The number of amidine groups is 2. The molecule has 0 aliphatic rings. The van der Waals surface area contributed by atoms with E-state index in [2.05, 4.69) is 0 Å². The predicted octanol–water partition coefficient (Wildman–Crippen LogP) is -1.81. The van der Waals surface area contributed by atoms with Crippen LogP contribution in [0.25, 0.3) is 0 Å². The zero-order valence-corrected chi connectivity index (χ0v) is 4.31. The van der Waals surface area contributed by atoms with Crippen LogP contribution in [0.3, 0.4) is 0 Å². The third kappa shape index (κ3) is 1.57. The molecule has 0 aromatic rings. The van der Waals surface area contributed by atoms with Crippen molar-refractivity contribution in [2.24, 2.45) is 17.2 Å². The summed E-state index contributed by atoms with van der Waals surface area (Å²) in [6.45, 7) is 0. The molecule has 0 aromatic carbocycles. The Hall–Kier alpha value is -1.10. The van der Waals surface area contributed by atoms with E-state index < -0.39 is 6.04 Å². The second kappa shape index (κ2) is 2.27. The Morgan fingerprint density at radius 1 is 1.12 bits per heavy atom. The summed E-state index contributed by atoms with van der Waals surface area (Å²) in [6.07, 6.45) is 0. The van der Waals surface area contributed by atoms with E-state index in [0.717, 1.165) is 0 Å². The molecule has 0 aliphatic carbocycles. The van der Waals surface area contributed by atoms with E-state index >= 15 is 0 Å². The van der Waals surface area contributed by atoms with Crippen molar-refractivity contribution in [1.82, 2.24) is 0 Å². The summed E-state index contributed by atoms with van der Waals surface area (Å²) < 4.78 is 0. The van der Waals surface area contributed by atoms with Crippen LogP contribution in [0.1, 0.15) is 0 Å². The molecule has 0 saturated heterocycles. The first-order valence-corrected chi connectivity index (χ1v) is 1.99. The van der Waals surface area contributed by atoms with E-state index in [0.29, 0.717) is 0 Å². The average molecular weight is 115 g/mol. The van der Waals surface area contributed by atoms with Gasteiger partial charge in [0.1, 0.15) is 17.7 Å². The van der Waals surface area contributed by atoms with Gasteiger partial charge in [-0.1, -0.05) is 0 Å². The third-order valence-electron chi connectivity index (χ3n) is 0.670. The molecule has 0 spiro atoms. The fourth-order valence-corrected chi connectivity index (χ4v) is 0.168. The Kier molecular flexibility index (Phi) is 1.96. The van der Waals surface area contributed by atoms with Gasteiger partial charge in [0.25, 0.3) is 0 Å². The molecule has 0 unspecified atom stereocenters. The van der Waals surface area contributed by atoms with Crippen molar-refractivity contribution in [3.63, 3.8) is 0 Å². The largest absolute Gasteiger partial charge is 0.386 e. The van der Waals surface area contributed by atoms with Gasteiger partial charge in [0.05, 0.1) is 0 Å². The molecule has 0 amide bonds. The summed E-state index contributed by atoms with van der Waals surface area (Å²) in [5.74, 6) is -0.560. The maximum atomic E-state index is 6.66. The first kappa shape index (κ1) is 6.90. The van der Waals surface area contributed by atoms with E-state index in [4.69, 9.17) is 28.0 Å². The quantitative estimate of drug-likeness (QED) is 0.215. The fraction of sp³-hybridized carbons (Fsp3) is 0.333. The highest BCUT2D eigenvalue weighted by molar-refractivity contribution is 6.05. The molecular formula is C3H9N5. The number of hydrogen-bond acceptors (Lipinski definition) is 3. The minimum Gasteiger partial charge on any atom is -0.386 e. The Balaban J connectivity index is 3.83. The van der Waals surface area contributed by atoms with E-state index in [-0.39, 0.29) is 11.7 Å². The lowest BCUT2D eigenvalue weighted by Gasteiger charge is -2.04. The van der Waals surface area contributed by atoms with Crippen LogP contribution >= 0.6 is 0 Å². The van der Waals surface area contributed by atoms with Gasteiger partial charge in [0.15, 0.2) is 0 Å². The van der Waals surface area contributed by atoms with E-state index in [1.807, 2.05) is 0 Å². The molecule has 46 valence electrons. The highest BCUT2D eigenvalue weighted by atomic mass is 14.9. The van der Waals surface area contributed by atoms with Gasteiger partial charge in [-0.05, 0) is 0 Å². The molecule has 8 heavy (non-hydrogen) atoms. The van der Waals surface area contributed by atoms with Gasteiger partial charge >= 0.3 is 0 Å². The van der Waals surface area contributed by atoms with Gasteiger partial charge in [-0.2, -0.15) is 0 Å². The van der Waals surface area contributed by atoms with Gasteiger partial charge in [-0.15, -0.1) is 0 Å². The van der Waals surface area contributed by atoms with Gasteiger partial charge in [-0.25, -0.2) is 0 Å². The Bertz CT molecular complexity index is 103. The first-order chi connectivity index (χ1) is 3.55. The summed E-state index contributed by atoms with van der Waals surface area (Å²) in [6, 6.07) is -0.907. The van der Waals surface area contributed by atoms with Crippen LogP contribution in [0.5, 0.6) is 0 Å². The van der Waals surface area contributed by atoms with Gasteiger partial charge < -0.3 is 17.2 Å². The van der Waals surface area contributed by atoms with Crippen molar-refractivity contribution in [3.8, 4) is 0 Å². The molecule has 0 aliphatic heterocycles. The average Bonchev–Trinajstić information content (AvgIpc) is 1.64. The van der Waals surface area contributed by atoms with Crippen molar-refractivity contribution in [3.05, 3.63) is 0 Å². The van der Waals surface area contributed by atoms with E-state index in [1.54, 1.807) is 0 Å². The molecule has 5 nitrogen and oxygen atoms in total. The molecule has 0 bridgehead atoms. The van der Waals surface area contributed by atoms with Crippen LogP contribution in [-0.2, 0) is 0 Å². The second-order valence-corrected chi connectivity index (χ2v) is 1.39. The highest BCUT2D eigenvalue weighted by Crippen LogP contribution is 1.70. The summed E-state index contributed by atoms with van der Waals surface area (Å²) in [4.78, 5) is 0. The van der Waals surface area contributed by atoms with E-state index in [9.17, 15) is 0 Å². The minimum atomic E-state index is -0.907. The molecule has 8 N–H and O–H groups in total. The Morgan fingerprint density at radius 3 is 1.38 bits per heavy atom. The second-order valence-electron chi connectivity index (χ2n) is 1.39. The molecule has 0 radical (unpaired) electrons. The Morgan fingerprint density at radius 2 is 1.38 bits per heavy atom. The number of nitrogens with two attached hydrogens (primary N) is 3. The topological polar surface area (TPSA) is 126 Å². The molecule has 0 fully saturated rings. The predicted molar refractivity (Wildman–Crippen MR) is 31.8 cm³/mol. The zero-order chi connectivity index (χ0) is 6.73. The van der Waals surface area contributed by atoms with Crippen LogP contribution in [0.2, 0.25) is 0 Å². The van der Waals surface area contributed by atoms with Gasteiger partial charge in [-0.3, -0.25) is 10.8 Å². The highest BCUT2D eigenvalue weighted by Gasteiger charge is 2.06. The molecule has 0 heterocycles. The van der Waals surface area contributed by atoms with Crippen LogP contribution in [-0.4, -0.2) is 17.7 Å². The van der Waals surface area contributed by atoms with Crippen molar-refractivity contribution in [2.75, 3.05) is 0 Å². The summed E-state index contributed by atoms with van der Waals surface area (Å²) in [7, 11) is 0. The number of rotatable bonds is 2. The lowest BCUT2D eigenvalue weighted by atomic mass is 10.3. The molecule has 0 aromatic heterocycles. The monoisotopic (exact) mass is 115 g/mol. The maximum Gasteiger partial charge on any atom is 0.119 e. The summed E-state index contributed by atoms with van der Waals surface area (Å²) in [5.41, 5.74) is 14.8. The Labute approximate surface area is 46.9 Å². The number of hydrogen-bond donors (Lipinski definition) is 5. The third-order valence-corrected chi connectivity index (χ3v) is 0.670. The van der Waals surface area contributed by atoms with Crippen LogP contribution in [0.15, 0.2) is 0 Å². The first-order valence-electron chi connectivity index (χ1n) is 1.99.